The lowest BCUT2D eigenvalue weighted by atomic mass is 10.2. The molecule has 3 nitrogen and oxygen atoms in total. The van der Waals surface area contributed by atoms with Crippen LogP contribution in [0.5, 0.6) is 0 Å². The van der Waals surface area contributed by atoms with E-state index in [-0.39, 0.29) is 0 Å². The molecule has 1 aromatic heterocycles. The summed E-state index contributed by atoms with van der Waals surface area (Å²) in [5.74, 6) is 0.614. The van der Waals surface area contributed by atoms with Gasteiger partial charge in [-0.25, -0.2) is 4.98 Å². The smallest absolute Gasteiger partial charge is 0.109 e. The second-order valence-electron chi connectivity index (χ2n) is 3.48. The zero-order valence-electron chi connectivity index (χ0n) is 8.03. The lowest BCUT2D eigenvalue weighted by Crippen LogP contribution is -2.25. The van der Waals surface area contributed by atoms with E-state index in [0.717, 1.165) is 12.2 Å². The Kier molecular flexibility index (Phi) is 4.35. The largest absolute Gasteiger partial charge is 0.385 e. The third-order valence-electron chi connectivity index (χ3n) is 1.68. The summed E-state index contributed by atoms with van der Waals surface area (Å²) in [6.07, 6.45) is -0.468. The average molecular weight is 200 g/mol. The lowest BCUT2D eigenvalue weighted by Gasteiger charge is -2.10. The van der Waals surface area contributed by atoms with Gasteiger partial charge in [0.1, 0.15) is 6.10 Å². The number of aromatic nitrogens is 1. The molecular formula is C9H16N2OS. The highest BCUT2D eigenvalue weighted by molar-refractivity contribution is 7.07. The van der Waals surface area contributed by atoms with Crippen LogP contribution in [0.15, 0.2) is 10.9 Å². The molecule has 1 aromatic rings. The van der Waals surface area contributed by atoms with Gasteiger partial charge in [0, 0.05) is 11.9 Å². The normalized spacial score (nSPS) is 13.5. The van der Waals surface area contributed by atoms with Gasteiger partial charge in [-0.05, 0) is 12.5 Å². The molecule has 1 heterocycles. The number of rotatable bonds is 5. The van der Waals surface area contributed by atoms with Crippen molar-refractivity contribution in [3.8, 4) is 0 Å². The van der Waals surface area contributed by atoms with Crippen LogP contribution in [0.2, 0.25) is 0 Å². The maximum Gasteiger partial charge on any atom is 0.109 e. The molecule has 2 N–H and O–H groups in total. The number of nitrogens with one attached hydrogen (secondary N) is 1. The van der Waals surface area contributed by atoms with Crippen molar-refractivity contribution in [1.82, 2.24) is 10.3 Å². The number of thiazole rings is 1. The van der Waals surface area contributed by atoms with E-state index < -0.39 is 6.10 Å². The second-order valence-corrected chi connectivity index (χ2v) is 4.20. The van der Waals surface area contributed by atoms with E-state index in [1.807, 2.05) is 5.38 Å². The number of aliphatic hydroxyl groups excluding tert-OH is 1. The topological polar surface area (TPSA) is 45.1 Å². The number of aliphatic hydroxyl groups is 1. The van der Waals surface area contributed by atoms with Gasteiger partial charge in [-0.1, -0.05) is 13.8 Å². The molecular weight excluding hydrogens is 184 g/mol. The van der Waals surface area contributed by atoms with Gasteiger partial charge in [0.25, 0.3) is 0 Å². The first-order valence-corrected chi connectivity index (χ1v) is 5.41. The minimum Gasteiger partial charge on any atom is -0.385 e. The van der Waals surface area contributed by atoms with Crippen molar-refractivity contribution in [3.63, 3.8) is 0 Å². The first-order valence-electron chi connectivity index (χ1n) is 4.47. The summed E-state index contributed by atoms with van der Waals surface area (Å²) < 4.78 is 0. The predicted molar refractivity (Wildman–Crippen MR) is 54.8 cm³/mol. The molecule has 0 radical (unpaired) electrons. The fourth-order valence-electron chi connectivity index (χ4n) is 1.000. The monoisotopic (exact) mass is 200 g/mol. The Hall–Kier alpha value is -0.450. The molecule has 0 saturated heterocycles. The zero-order chi connectivity index (χ0) is 9.68. The molecule has 0 aliphatic carbocycles. The van der Waals surface area contributed by atoms with Crippen molar-refractivity contribution in [2.75, 3.05) is 13.1 Å². The quantitative estimate of drug-likeness (QED) is 0.755. The molecule has 4 heteroatoms. The highest BCUT2D eigenvalue weighted by Gasteiger charge is 2.08. The molecule has 0 saturated carbocycles. The first kappa shape index (κ1) is 10.6. The zero-order valence-corrected chi connectivity index (χ0v) is 8.84. The molecule has 1 atom stereocenters. The molecule has 0 spiro atoms. The molecule has 0 fully saturated rings. The molecule has 0 amide bonds. The highest BCUT2D eigenvalue weighted by atomic mass is 32.1. The van der Waals surface area contributed by atoms with Crippen LogP contribution < -0.4 is 5.32 Å². The van der Waals surface area contributed by atoms with Gasteiger partial charge in [0.2, 0.25) is 0 Å². The molecule has 0 aromatic carbocycles. The van der Waals surface area contributed by atoms with Gasteiger partial charge in [-0.3, -0.25) is 0 Å². The summed E-state index contributed by atoms with van der Waals surface area (Å²) in [5.41, 5.74) is 2.50. The van der Waals surface area contributed by atoms with E-state index in [0.29, 0.717) is 12.5 Å². The van der Waals surface area contributed by atoms with Gasteiger partial charge in [-0.2, -0.15) is 0 Å². The van der Waals surface area contributed by atoms with Gasteiger partial charge >= 0.3 is 0 Å². The third-order valence-corrected chi connectivity index (χ3v) is 2.29. The van der Waals surface area contributed by atoms with Crippen LogP contribution in [0.4, 0.5) is 0 Å². The van der Waals surface area contributed by atoms with Crippen LogP contribution in [0.3, 0.4) is 0 Å². The van der Waals surface area contributed by atoms with E-state index in [2.05, 4.69) is 24.1 Å². The summed E-state index contributed by atoms with van der Waals surface area (Å²) >= 11 is 1.51. The third kappa shape index (κ3) is 3.85. The molecule has 0 bridgehead atoms. The summed E-state index contributed by atoms with van der Waals surface area (Å²) in [6.45, 7) is 5.80. The Bertz CT molecular complexity index is 224. The van der Waals surface area contributed by atoms with E-state index in [1.54, 1.807) is 5.51 Å². The second kappa shape index (κ2) is 5.32. The Labute approximate surface area is 82.8 Å². The van der Waals surface area contributed by atoms with Crippen LogP contribution in [0, 0.1) is 5.92 Å². The molecule has 1 rings (SSSR count). The number of hydrogen-bond acceptors (Lipinski definition) is 4. The minimum absolute atomic E-state index is 0.468. The SMILES string of the molecule is CC(C)CNCC(O)c1cscn1. The molecule has 13 heavy (non-hydrogen) atoms. The van der Waals surface area contributed by atoms with Crippen LogP contribution in [-0.4, -0.2) is 23.2 Å². The molecule has 1 unspecified atom stereocenters. The predicted octanol–water partition coefficient (Wildman–Crippen LogP) is 1.42. The Morgan fingerprint density at radius 3 is 2.85 bits per heavy atom. The van der Waals surface area contributed by atoms with Crippen molar-refractivity contribution in [2.24, 2.45) is 5.92 Å². The maximum absolute atomic E-state index is 9.60. The summed E-state index contributed by atoms with van der Waals surface area (Å²) in [6, 6.07) is 0. The molecule has 0 aliphatic heterocycles. The van der Waals surface area contributed by atoms with Crippen LogP contribution in [0.25, 0.3) is 0 Å². The van der Waals surface area contributed by atoms with Crippen molar-refractivity contribution in [1.29, 1.82) is 0 Å². The van der Waals surface area contributed by atoms with Crippen molar-refractivity contribution in [2.45, 2.75) is 20.0 Å². The van der Waals surface area contributed by atoms with Crippen molar-refractivity contribution < 1.29 is 5.11 Å². The van der Waals surface area contributed by atoms with Crippen LogP contribution in [0.1, 0.15) is 25.6 Å². The number of nitrogens with zero attached hydrogens (tertiary/aromatic N) is 1. The first-order chi connectivity index (χ1) is 6.20. The fraction of sp³-hybridized carbons (Fsp3) is 0.667. The Morgan fingerprint density at radius 2 is 2.31 bits per heavy atom. The van der Waals surface area contributed by atoms with E-state index in [1.165, 1.54) is 11.3 Å². The summed E-state index contributed by atoms with van der Waals surface area (Å²) in [4.78, 5) is 4.04. The van der Waals surface area contributed by atoms with Crippen molar-refractivity contribution in [3.05, 3.63) is 16.6 Å². The maximum atomic E-state index is 9.60. The van der Waals surface area contributed by atoms with Crippen LogP contribution >= 0.6 is 11.3 Å². The van der Waals surface area contributed by atoms with Gasteiger partial charge in [0.05, 0.1) is 11.2 Å². The van der Waals surface area contributed by atoms with Gasteiger partial charge < -0.3 is 10.4 Å². The standard InChI is InChI=1S/C9H16N2OS/c1-7(2)3-10-4-9(12)8-5-13-6-11-8/h5-7,9-10,12H,3-4H2,1-2H3. The van der Waals surface area contributed by atoms with E-state index >= 15 is 0 Å². The lowest BCUT2D eigenvalue weighted by molar-refractivity contribution is 0.169. The fourth-order valence-corrected chi connectivity index (χ4v) is 1.60. The van der Waals surface area contributed by atoms with Crippen LogP contribution in [-0.2, 0) is 0 Å². The minimum atomic E-state index is -0.468. The van der Waals surface area contributed by atoms with Crippen molar-refractivity contribution >= 4 is 11.3 Å². The molecule has 0 aliphatic rings. The van der Waals surface area contributed by atoms with Gasteiger partial charge in [-0.15, -0.1) is 11.3 Å². The Balaban J connectivity index is 2.22. The van der Waals surface area contributed by atoms with E-state index in [4.69, 9.17) is 0 Å². The Morgan fingerprint density at radius 1 is 1.54 bits per heavy atom. The summed E-state index contributed by atoms with van der Waals surface area (Å²) in [5, 5.41) is 14.7. The average Bonchev–Trinajstić information content (AvgIpc) is 2.55. The summed E-state index contributed by atoms with van der Waals surface area (Å²) in [7, 11) is 0. The van der Waals surface area contributed by atoms with Gasteiger partial charge in [0.15, 0.2) is 0 Å². The molecule has 74 valence electrons. The van der Waals surface area contributed by atoms with E-state index in [9.17, 15) is 5.11 Å². The highest BCUT2D eigenvalue weighted by Crippen LogP contribution is 2.11. The number of hydrogen-bond donors (Lipinski definition) is 2.